The van der Waals surface area contributed by atoms with E-state index in [1.54, 1.807) is 12.1 Å². The lowest BCUT2D eigenvalue weighted by molar-refractivity contribution is 0.0981. The van der Waals surface area contributed by atoms with Gasteiger partial charge in [-0.25, -0.2) is 0 Å². The molecule has 0 saturated heterocycles. The van der Waals surface area contributed by atoms with Gasteiger partial charge >= 0.3 is 0 Å². The summed E-state index contributed by atoms with van der Waals surface area (Å²) in [5.74, 6) is -0.184. The van der Waals surface area contributed by atoms with Gasteiger partial charge in [0, 0.05) is 11.1 Å². The predicted octanol–water partition coefficient (Wildman–Crippen LogP) is 3.12. The van der Waals surface area contributed by atoms with Gasteiger partial charge in [-0.2, -0.15) is 0 Å². The van der Waals surface area contributed by atoms with Crippen molar-refractivity contribution in [2.75, 3.05) is 0 Å². The molecule has 78 valence electrons. The van der Waals surface area contributed by atoms with Crippen molar-refractivity contribution in [1.29, 1.82) is 0 Å². The Hall–Kier alpha value is -1.70. The molecule has 0 fully saturated rings. The Labute approximate surface area is 89.6 Å². The maximum Gasteiger partial charge on any atom is 0.160 e. The molecule has 0 aliphatic carbocycles. The van der Waals surface area contributed by atoms with Crippen LogP contribution in [0.3, 0.4) is 0 Å². The predicted molar refractivity (Wildman–Crippen MR) is 61.2 cm³/mol. The summed E-state index contributed by atoms with van der Waals surface area (Å²) in [6, 6.07) is 5.22. The first-order valence-corrected chi connectivity index (χ1v) is 4.75. The zero-order valence-corrected chi connectivity index (χ0v) is 9.26. The summed E-state index contributed by atoms with van der Waals surface area (Å²) in [7, 11) is 0. The maximum atomic E-state index is 11.4. The van der Waals surface area contributed by atoms with E-state index >= 15 is 0 Å². The first-order chi connectivity index (χ1) is 6.93. The molecule has 0 unspecified atom stereocenters. The Morgan fingerprint density at radius 3 is 1.93 bits per heavy atom. The maximum absolute atomic E-state index is 11.4. The van der Waals surface area contributed by atoms with E-state index in [1.165, 1.54) is 13.8 Å². The van der Waals surface area contributed by atoms with Crippen LogP contribution in [0.15, 0.2) is 24.8 Å². The molecule has 0 spiro atoms. The highest BCUT2D eigenvalue weighted by molar-refractivity contribution is 6.07. The normalized spacial score (nSPS) is 9.80. The van der Waals surface area contributed by atoms with E-state index < -0.39 is 0 Å². The van der Waals surface area contributed by atoms with Crippen molar-refractivity contribution in [2.45, 2.75) is 20.8 Å². The molecule has 1 aromatic carbocycles. The molecule has 0 aliphatic rings. The molecular formula is C13H14O2. The molecule has 0 atom stereocenters. The highest BCUT2D eigenvalue weighted by Gasteiger charge is 2.11. The Balaban J connectivity index is 3.40. The van der Waals surface area contributed by atoms with Crippen molar-refractivity contribution in [3.63, 3.8) is 0 Å². The van der Waals surface area contributed by atoms with Crippen molar-refractivity contribution < 1.29 is 9.59 Å². The molecule has 15 heavy (non-hydrogen) atoms. The van der Waals surface area contributed by atoms with Crippen molar-refractivity contribution >= 4 is 17.1 Å². The molecule has 0 N–H and O–H groups in total. The smallest absolute Gasteiger partial charge is 0.160 e. The number of hydrogen-bond donors (Lipinski definition) is 0. The first kappa shape index (κ1) is 11.4. The first-order valence-electron chi connectivity index (χ1n) is 4.75. The number of carbonyl (C=O) groups is 2. The number of ketones is 2. The van der Waals surface area contributed by atoms with E-state index in [9.17, 15) is 9.59 Å². The summed E-state index contributed by atoms with van der Waals surface area (Å²) in [6.07, 6.45) is 0. The van der Waals surface area contributed by atoms with Crippen LogP contribution in [-0.2, 0) is 0 Å². The number of allylic oxidation sites excluding steroid dienone is 1. The van der Waals surface area contributed by atoms with Gasteiger partial charge in [0.25, 0.3) is 0 Å². The minimum Gasteiger partial charge on any atom is -0.294 e. The molecule has 0 aliphatic heterocycles. The average molecular weight is 202 g/mol. The minimum atomic E-state index is -0.0942. The van der Waals surface area contributed by atoms with Crippen LogP contribution < -0.4 is 0 Å². The van der Waals surface area contributed by atoms with Crippen LogP contribution in [0, 0.1) is 0 Å². The molecule has 0 amide bonds. The van der Waals surface area contributed by atoms with E-state index in [0.717, 1.165) is 11.1 Å². The standard InChI is InChI=1S/C13H14O2/c1-8(2)11-5-6-12(9(3)14)13(7-11)10(4)15/h5-7H,1H2,2-4H3. The van der Waals surface area contributed by atoms with E-state index in [2.05, 4.69) is 6.58 Å². The van der Waals surface area contributed by atoms with Crippen LogP contribution >= 0.6 is 0 Å². The second kappa shape index (κ2) is 4.22. The average Bonchev–Trinajstić information content (AvgIpc) is 2.16. The number of hydrogen-bond acceptors (Lipinski definition) is 2. The van der Waals surface area contributed by atoms with E-state index in [4.69, 9.17) is 0 Å². The molecule has 0 heterocycles. The fourth-order valence-electron chi connectivity index (χ4n) is 1.41. The van der Waals surface area contributed by atoms with Crippen molar-refractivity contribution in [1.82, 2.24) is 0 Å². The van der Waals surface area contributed by atoms with E-state index in [1.807, 2.05) is 13.0 Å². The molecule has 0 aromatic heterocycles. The fraction of sp³-hybridized carbons (Fsp3) is 0.231. The largest absolute Gasteiger partial charge is 0.294 e. The Kier molecular flexibility index (Phi) is 3.20. The summed E-state index contributed by atoms with van der Waals surface area (Å²) < 4.78 is 0. The van der Waals surface area contributed by atoms with E-state index in [-0.39, 0.29) is 11.6 Å². The highest BCUT2D eigenvalue weighted by Crippen LogP contribution is 2.18. The van der Waals surface area contributed by atoms with Gasteiger partial charge in [0.05, 0.1) is 0 Å². The number of Topliss-reactive ketones (excluding diaryl/α,β-unsaturated/α-hetero) is 2. The van der Waals surface area contributed by atoms with Gasteiger partial charge in [-0.3, -0.25) is 9.59 Å². The lowest BCUT2D eigenvalue weighted by atomic mass is 9.96. The molecule has 0 radical (unpaired) electrons. The Bertz CT molecular complexity index is 442. The van der Waals surface area contributed by atoms with Crippen molar-refractivity contribution in [2.24, 2.45) is 0 Å². The third-order valence-electron chi connectivity index (χ3n) is 2.27. The summed E-state index contributed by atoms with van der Waals surface area (Å²) in [4.78, 5) is 22.6. The van der Waals surface area contributed by atoms with Gasteiger partial charge in [-0.1, -0.05) is 24.3 Å². The summed E-state index contributed by atoms with van der Waals surface area (Å²) >= 11 is 0. The Morgan fingerprint density at radius 2 is 1.53 bits per heavy atom. The van der Waals surface area contributed by atoms with Gasteiger partial charge in [-0.05, 0) is 32.4 Å². The minimum absolute atomic E-state index is 0.0894. The molecule has 2 nitrogen and oxygen atoms in total. The van der Waals surface area contributed by atoms with Crippen LogP contribution in [0.5, 0.6) is 0 Å². The van der Waals surface area contributed by atoms with Crippen molar-refractivity contribution in [3.05, 3.63) is 41.5 Å². The quantitative estimate of drug-likeness (QED) is 0.706. The van der Waals surface area contributed by atoms with Crippen LogP contribution in [-0.4, -0.2) is 11.6 Å². The Morgan fingerprint density at radius 1 is 1.00 bits per heavy atom. The zero-order chi connectivity index (χ0) is 11.6. The molecule has 0 saturated carbocycles. The van der Waals surface area contributed by atoms with Gasteiger partial charge in [0.1, 0.15) is 0 Å². The molecule has 1 aromatic rings. The van der Waals surface area contributed by atoms with Gasteiger partial charge < -0.3 is 0 Å². The van der Waals surface area contributed by atoms with Crippen LogP contribution in [0.1, 0.15) is 47.1 Å². The summed E-state index contributed by atoms with van der Waals surface area (Å²) in [6.45, 7) is 8.59. The molecule has 0 bridgehead atoms. The van der Waals surface area contributed by atoms with Crippen LogP contribution in [0.4, 0.5) is 0 Å². The fourth-order valence-corrected chi connectivity index (χ4v) is 1.41. The zero-order valence-electron chi connectivity index (χ0n) is 9.26. The number of rotatable bonds is 3. The number of carbonyl (C=O) groups excluding carboxylic acids is 2. The summed E-state index contributed by atoms with van der Waals surface area (Å²) in [5.41, 5.74) is 2.73. The topological polar surface area (TPSA) is 34.1 Å². The van der Waals surface area contributed by atoms with Gasteiger partial charge in [0.2, 0.25) is 0 Å². The van der Waals surface area contributed by atoms with Gasteiger partial charge in [0.15, 0.2) is 11.6 Å². The van der Waals surface area contributed by atoms with Crippen LogP contribution in [0.25, 0.3) is 5.57 Å². The molecule has 2 heteroatoms. The second-order valence-electron chi connectivity index (χ2n) is 3.65. The SMILES string of the molecule is C=C(C)c1ccc(C(C)=O)c(C(C)=O)c1. The number of benzene rings is 1. The summed E-state index contributed by atoms with van der Waals surface area (Å²) in [5, 5.41) is 0. The highest BCUT2D eigenvalue weighted by atomic mass is 16.1. The van der Waals surface area contributed by atoms with Crippen molar-refractivity contribution in [3.8, 4) is 0 Å². The lowest BCUT2D eigenvalue weighted by Gasteiger charge is -2.06. The van der Waals surface area contributed by atoms with Gasteiger partial charge in [-0.15, -0.1) is 0 Å². The lowest BCUT2D eigenvalue weighted by Crippen LogP contribution is -2.04. The molecular weight excluding hydrogens is 188 g/mol. The monoisotopic (exact) mass is 202 g/mol. The third-order valence-corrected chi connectivity index (χ3v) is 2.27. The second-order valence-corrected chi connectivity index (χ2v) is 3.65. The van der Waals surface area contributed by atoms with E-state index in [0.29, 0.717) is 11.1 Å². The third kappa shape index (κ3) is 2.40. The van der Waals surface area contributed by atoms with Crippen LogP contribution in [0.2, 0.25) is 0 Å². The molecule has 1 rings (SSSR count).